The maximum Gasteiger partial charge on any atom is 0.233 e. The number of nitrogens with one attached hydrogen (secondary N) is 1. The van der Waals surface area contributed by atoms with Crippen LogP contribution in [-0.4, -0.2) is 40.3 Å². The summed E-state index contributed by atoms with van der Waals surface area (Å²) in [5, 5.41) is 3.03. The summed E-state index contributed by atoms with van der Waals surface area (Å²) in [6.45, 7) is 0.783. The number of hydrogen-bond donors (Lipinski definition) is 1. The molecule has 0 amide bonds. The molecule has 0 radical (unpaired) electrons. The molecule has 0 saturated carbocycles. The fourth-order valence-electron chi connectivity index (χ4n) is 1.92. The molecule has 0 aliphatic heterocycles. The van der Waals surface area contributed by atoms with Gasteiger partial charge in [-0.15, -0.1) is 0 Å². The molecule has 0 unspecified atom stereocenters. The van der Waals surface area contributed by atoms with Gasteiger partial charge >= 0.3 is 0 Å². The van der Waals surface area contributed by atoms with Gasteiger partial charge in [0.2, 0.25) is 5.88 Å². The number of nitrogens with zero attached hydrogens (tertiary/aromatic N) is 4. The predicted octanol–water partition coefficient (Wildman–Crippen LogP) is 2.98. The van der Waals surface area contributed by atoms with Crippen molar-refractivity contribution < 1.29 is 13.9 Å². The van der Waals surface area contributed by atoms with Crippen molar-refractivity contribution in [1.82, 2.24) is 19.9 Å². The zero-order valence-electron chi connectivity index (χ0n) is 12.7. The Balaban J connectivity index is 1.91. The Labute approximate surface area is 141 Å². The van der Waals surface area contributed by atoms with Gasteiger partial charge in [0.05, 0.1) is 17.8 Å². The number of benzene rings is 1. The Morgan fingerprint density at radius 1 is 1.21 bits per heavy atom. The number of halogens is 2. The smallest absolute Gasteiger partial charge is 0.233 e. The summed E-state index contributed by atoms with van der Waals surface area (Å²) >= 11 is 5.79. The van der Waals surface area contributed by atoms with Gasteiger partial charge in [-0.3, -0.25) is 0 Å². The maximum atomic E-state index is 13.3. The zero-order valence-corrected chi connectivity index (χ0v) is 13.4. The Kier molecular flexibility index (Phi) is 4.97. The van der Waals surface area contributed by atoms with Crippen LogP contribution in [0.4, 0.5) is 15.9 Å². The molecule has 0 bridgehead atoms. The first-order valence-electron chi connectivity index (χ1n) is 6.99. The van der Waals surface area contributed by atoms with Crippen LogP contribution in [0.25, 0.3) is 11.2 Å². The van der Waals surface area contributed by atoms with Crippen molar-refractivity contribution in [3.05, 3.63) is 41.6 Å². The van der Waals surface area contributed by atoms with Crippen LogP contribution in [0.3, 0.4) is 0 Å². The summed E-state index contributed by atoms with van der Waals surface area (Å²) in [6, 6.07) is 4.26. The molecule has 124 valence electrons. The van der Waals surface area contributed by atoms with Gasteiger partial charge in [-0.25, -0.2) is 24.3 Å². The third-order valence-corrected chi connectivity index (χ3v) is 3.33. The molecule has 3 rings (SSSR count). The molecular formula is C15H13ClFN5O2. The van der Waals surface area contributed by atoms with Crippen molar-refractivity contribution in [3.63, 3.8) is 0 Å². The molecule has 9 heteroatoms. The minimum atomic E-state index is -0.497. The molecule has 0 atom stereocenters. The number of ether oxygens (including phenoxy) is 2. The number of fused-ring (bicyclic) bond motifs is 1. The van der Waals surface area contributed by atoms with E-state index in [0.29, 0.717) is 41.8 Å². The topological polar surface area (TPSA) is 82.0 Å². The molecule has 1 N–H and O–H groups in total. The number of rotatable bonds is 6. The fourth-order valence-corrected chi connectivity index (χ4v) is 2.10. The summed E-state index contributed by atoms with van der Waals surface area (Å²) in [6.07, 6.45) is 2.83. The van der Waals surface area contributed by atoms with Gasteiger partial charge in [-0.2, -0.15) is 0 Å². The second-order valence-electron chi connectivity index (χ2n) is 4.70. The lowest BCUT2D eigenvalue weighted by Crippen LogP contribution is -2.06. The lowest BCUT2D eigenvalue weighted by Gasteiger charge is -2.09. The molecule has 3 aromatic rings. The Morgan fingerprint density at radius 3 is 2.88 bits per heavy atom. The molecular weight excluding hydrogens is 337 g/mol. The highest BCUT2D eigenvalue weighted by Gasteiger charge is 2.10. The van der Waals surface area contributed by atoms with E-state index in [-0.39, 0.29) is 5.02 Å². The average molecular weight is 350 g/mol. The van der Waals surface area contributed by atoms with Gasteiger partial charge in [0, 0.05) is 12.8 Å². The number of anilines is 2. The van der Waals surface area contributed by atoms with Crippen LogP contribution < -0.4 is 10.1 Å². The zero-order chi connectivity index (χ0) is 16.9. The van der Waals surface area contributed by atoms with E-state index in [1.807, 2.05) is 0 Å². The van der Waals surface area contributed by atoms with E-state index in [1.165, 1.54) is 24.7 Å². The van der Waals surface area contributed by atoms with Gasteiger partial charge in [0.15, 0.2) is 17.0 Å². The molecule has 0 spiro atoms. The van der Waals surface area contributed by atoms with Gasteiger partial charge in [-0.1, -0.05) is 11.6 Å². The summed E-state index contributed by atoms with van der Waals surface area (Å²) < 4.78 is 23.6. The summed E-state index contributed by atoms with van der Waals surface area (Å²) in [4.78, 5) is 16.7. The molecule has 24 heavy (non-hydrogen) atoms. The highest BCUT2D eigenvalue weighted by atomic mass is 35.5. The van der Waals surface area contributed by atoms with Crippen LogP contribution in [-0.2, 0) is 4.74 Å². The van der Waals surface area contributed by atoms with Crippen LogP contribution in [0.1, 0.15) is 0 Å². The van der Waals surface area contributed by atoms with E-state index in [1.54, 1.807) is 13.2 Å². The highest BCUT2D eigenvalue weighted by molar-refractivity contribution is 6.31. The third-order valence-electron chi connectivity index (χ3n) is 3.04. The molecule has 1 aromatic carbocycles. The second kappa shape index (κ2) is 7.33. The number of aromatic nitrogens is 4. The second-order valence-corrected chi connectivity index (χ2v) is 5.11. The minimum Gasteiger partial charge on any atom is -0.474 e. The Bertz CT molecular complexity index is 864. The van der Waals surface area contributed by atoms with E-state index >= 15 is 0 Å². The van der Waals surface area contributed by atoms with Crippen molar-refractivity contribution in [1.29, 1.82) is 0 Å². The molecule has 2 heterocycles. The van der Waals surface area contributed by atoms with Crippen LogP contribution in [0, 0.1) is 5.82 Å². The van der Waals surface area contributed by atoms with Crippen LogP contribution in [0.5, 0.6) is 5.88 Å². The summed E-state index contributed by atoms with van der Waals surface area (Å²) in [5.41, 5.74) is 1.39. The van der Waals surface area contributed by atoms with E-state index in [4.69, 9.17) is 21.1 Å². The molecule has 2 aromatic heterocycles. The van der Waals surface area contributed by atoms with Crippen molar-refractivity contribution in [3.8, 4) is 5.88 Å². The molecule has 0 fully saturated rings. The first-order chi connectivity index (χ1) is 11.7. The third kappa shape index (κ3) is 3.66. The van der Waals surface area contributed by atoms with E-state index in [9.17, 15) is 4.39 Å². The quantitative estimate of drug-likeness (QED) is 0.685. The van der Waals surface area contributed by atoms with Crippen LogP contribution in [0.2, 0.25) is 5.02 Å². The highest BCUT2D eigenvalue weighted by Crippen LogP contribution is 2.25. The molecule has 0 aliphatic rings. The maximum absolute atomic E-state index is 13.3. The lowest BCUT2D eigenvalue weighted by atomic mass is 10.3. The summed E-state index contributed by atoms with van der Waals surface area (Å²) in [7, 11) is 1.58. The van der Waals surface area contributed by atoms with Gasteiger partial charge in [-0.05, 0) is 18.2 Å². The monoisotopic (exact) mass is 349 g/mol. The van der Waals surface area contributed by atoms with Crippen molar-refractivity contribution >= 4 is 34.3 Å². The number of hydrogen-bond acceptors (Lipinski definition) is 7. The van der Waals surface area contributed by atoms with Crippen molar-refractivity contribution in [2.24, 2.45) is 0 Å². The Hall–Kier alpha value is -2.58. The molecule has 7 nitrogen and oxygen atoms in total. The van der Waals surface area contributed by atoms with Gasteiger partial charge in [0.25, 0.3) is 0 Å². The predicted molar refractivity (Wildman–Crippen MR) is 87.2 cm³/mol. The van der Waals surface area contributed by atoms with Gasteiger partial charge in [0.1, 0.15) is 18.8 Å². The fraction of sp³-hybridized carbons (Fsp3) is 0.200. The minimum absolute atomic E-state index is 0.00744. The lowest BCUT2D eigenvalue weighted by molar-refractivity contribution is 0.143. The van der Waals surface area contributed by atoms with Crippen molar-refractivity contribution in [2.75, 3.05) is 25.6 Å². The van der Waals surface area contributed by atoms with Crippen molar-refractivity contribution in [2.45, 2.75) is 0 Å². The van der Waals surface area contributed by atoms with Crippen LogP contribution in [0.15, 0.2) is 30.7 Å². The average Bonchev–Trinajstić information content (AvgIpc) is 2.59. The van der Waals surface area contributed by atoms with E-state index in [2.05, 4.69) is 25.3 Å². The Morgan fingerprint density at radius 2 is 2.08 bits per heavy atom. The largest absolute Gasteiger partial charge is 0.474 e. The summed E-state index contributed by atoms with van der Waals surface area (Å²) in [5.74, 6) is 0.241. The van der Waals surface area contributed by atoms with E-state index < -0.39 is 5.82 Å². The molecule has 0 saturated heterocycles. The van der Waals surface area contributed by atoms with Crippen LogP contribution >= 0.6 is 11.6 Å². The number of methoxy groups -OCH3 is 1. The first-order valence-corrected chi connectivity index (χ1v) is 7.36. The molecule has 0 aliphatic carbocycles. The first kappa shape index (κ1) is 16.3. The SMILES string of the molecule is COCCOc1cnc2ncnc(Nc3ccc(F)c(Cl)c3)c2n1. The van der Waals surface area contributed by atoms with Gasteiger partial charge < -0.3 is 14.8 Å². The standard InChI is InChI=1S/C15H13ClFN5O2/c1-23-4-5-24-12-7-18-14-13(22-12)15(20-8-19-14)21-9-2-3-11(17)10(16)6-9/h2-3,6-8H,4-5H2,1H3,(H,18,19,20,21). The van der Waals surface area contributed by atoms with E-state index in [0.717, 1.165) is 0 Å². The normalized spacial score (nSPS) is 10.8.